The van der Waals surface area contributed by atoms with E-state index in [0.29, 0.717) is 16.6 Å². The topological polar surface area (TPSA) is 60.5 Å². The average Bonchev–Trinajstić information content (AvgIpc) is 3.08. The van der Waals surface area contributed by atoms with Crippen LogP contribution in [0.15, 0.2) is 58.4 Å². The Morgan fingerprint density at radius 1 is 1.20 bits per heavy atom. The third-order valence-corrected chi connectivity index (χ3v) is 4.55. The van der Waals surface area contributed by atoms with Crippen LogP contribution in [-0.4, -0.2) is 24.6 Å². The van der Waals surface area contributed by atoms with Gasteiger partial charge in [-0.25, -0.2) is 4.98 Å². The number of aromatic nitrogens is 1. The minimum Gasteiger partial charge on any atom is -0.493 e. The molecule has 25 heavy (non-hydrogen) atoms. The molecule has 3 rings (SSSR count). The van der Waals surface area contributed by atoms with Gasteiger partial charge in [-0.2, -0.15) is 0 Å². The van der Waals surface area contributed by atoms with Crippen molar-refractivity contribution in [3.05, 3.63) is 58.4 Å². The van der Waals surface area contributed by atoms with E-state index in [1.807, 2.05) is 41.8 Å². The van der Waals surface area contributed by atoms with Crippen molar-refractivity contribution in [1.29, 1.82) is 0 Å². The first-order valence-electron chi connectivity index (χ1n) is 7.43. The Morgan fingerprint density at radius 2 is 2.00 bits per heavy atom. The predicted octanol–water partition coefficient (Wildman–Crippen LogP) is 4.60. The lowest BCUT2D eigenvalue weighted by molar-refractivity contribution is -0.118. The summed E-state index contributed by atoms with van der Waals surface area (Å²) in [6.07, 6.45) is 0. The monoisotopic (exact) mass is 418 g/mol. The summed E-state index contributed by atoms with van der Waals surface area (Å²) in [5, 5.41) is 5.18. The number of carbonyl (C=O) groups excluding carboxylic acids is 1. The van der Waals surface area contributed by atoms with Crippen molar-refractivity contribution in [3.8, 4) is 22.8 Å². The number of hydrogen-bond acceptors (Lipinski definition) is 5. The number of anilines is 1. The zero-order chi connectivity index (χ0) is 17.6. The van der Waals surface area contributed by atoms with Crippen molar-refractivity contribution in [3.63, 3.8) is 0 Å². The number of nitrogens with zero attached hydrogens (tertiary/aromatic N) is 1. The first kappa shape index (κ1) is 17.4. The summed E-state index contributed by atoms with van der Waals surface area (Å²) < 4.78 is 11.7. The highest BCUT2D eigenvalue weighted by Crippen LogP contribution is 2.27. The zero-order valence-corrected chi connectivity index (χ0v) is 15.8. The molecule has 128 valence electrons. The maximum atomic E-state index is 12.1. The van der Waals surface area contributed by atoms with Gasteiger partial charge in [-0.3, -0.25) is 10.1 Å². The number of para-hydroxylation sites is 2. The molecule has 0 saturated heterocycles. The number of hydrogen-bond donors (Lipinski definition) is 1. The summed E-state index contributed by atoms with van der Waals surface area (Å²) in [5.41, 5.74) is 1.80. The van der Waals surface area contributed by atoms with Crippen LogP contribution in [0.4, 0.5) is 5.13 Å². The molecule has 1 aromatic heterocycles. The van der Waals surface area contributed by atoms with Crippen LogP contribution in [0, 0.1) is 0 Å². The molecule has 0 unspecified atom stereocenters. The maximum absolute atomic E-state index is 12.1. The van der Waals surface area contributed by atoms with Gasteiger partial charge in [0.2, 0.25) is 0 Å². The number of carbonyl (C=O) groups is 1. The van der Waals surface area contributed by atoms with Gasteiger partial charge in [0.25, 0.3) is 5.91 Å². The first-order valence-corrected chi connectivity index (χ1v) is 9.10. The maximum Gasteiger partial charge on any atom is 0.264 e. The van der Waals surface area contributed by atoms with Crippen molar-refractivity contribution in [2.24, 2.45) is 0 Å². The standard InChI is InChI=1S/C18H15BrN2O3S/c1-23-15-7-2-3-8-16(15)24-10-17(22)21-18-20-14(11-25-18)12-5-4-6-13(19)9-12/h2-9,11H,10H2,1H3,(H,20,21,22). The number of amides is 1. The normalized spacial score (nSPS) is 10.3. The molecule has 0 fully saturated rings. The summed E-state index contributed by atoms with van der Waals surface area (Å²) >= 11 is 4.81. The molecule has 1 N–H and O–H groups in total. The van der Waals surface area contributed by atoms with E-state index in [-0.39, 0.29) is 12.5 Å². The number of thiazole rings is 1. The molecule has 3 aromatic rings. The number of ether oxygens (including phenoxy) is 2. The minimum absolute atomic E-state index is 0.119. The number of rotatable bonds is 6. The highest BCUT2D eigenvalue weighted by molar-refractivity contribution is 9.10. The summed E-state index contributed by atoms with van der Waals surface area (Å²) in [7, 11) is 1.56. The van der Waals surface area contributed by atoms with Crippen molar-refractivity contribution in [1.82, 2.24) is 4.98 Å². The number of methoxy groups -OCH3 is 1. The Hall–Kier alpha value is -2.38. The van der Waals surface area contributed by atoms with Gasteiger partial charge in [0.05, 0.1) is 12.8 Å². The second kappa shape index (κ2) is 8.13. The van der Waals surface area contributed by atoms with Gasteiger partial charge in [0, 0.05) is 15.4 Å². The Balaban J connectivity index is 1.60. The quantitative estimate of drug-likeness (QED) is 0.635. The Morgan fingerprint density at radius 3 is 2.76 bits per heavy atom. The molecule has 1 heterocycles. The largest absolute Gasteiger partial charge is 0.493 e. The minimum atomic E-state index is -0.277. The van der Waals surface area contributed by atoms with Gasteiger partial charge in [0.1, 0.15) is 0 Å². The van der Waals surface area contributed by atoms with Crippen LogP contribution in [0.25, 0.3) is 11.3 Å². The molecule has 2 aromatic carbocycles. The third kappa shape index (κ3) is 4.58. The zero-order valence-electron chi connectivity index (χ0n) is 13.4. The summed E-state index contributed by atoms with van der Waals surface area (Å²) in [4.78, 5) is 16.5. The van der Waals surface area contributed by atoms with Crippen LogP contribution in [0.2, 0.25) is 0 Å². The smallest absolute Gasteiger partial charge is 0.264 e. The van der Waals surface area contributed by atoms with Gasteiger partial charge in [-0.15, -0.1) is 11.3 Å². The van der Waals surface area contributed by atoms with Crippen LogP contribution in [0.1, 0.15) is 0 Å². The van der Waals surface area contributed by atoms with Gasteiger partial charge in [0.15, 0.2) is 23.2 Å². The fourth-order valence-electron chi connectivity index (χ4n) is 2.15. The molecule has 0 radical (unpaired) electrons. The first-order chi connectivity index (χ1) is 12.2. The van der Waals surface area contributed by atoms with Crippen LogP contribution in [-0.2, 0) is 4.79 Å². The fraction of sp³-hybridized carbons (Fsp3) is 0.111. The second-order valence-corrected chi connectivity index (χ2v) is 6.81. The molecule has 5 nitrogen and oxygen atoms in total. The molecule has 0 aliphatic carbocycles. The van der Waals surface area contributed by atoms with Crippen molar-refractivity contribution in [2.45, 2.75) is 0 Å². The molecule has 0 aliphatic heterocycles. The molecular weight excluding hydrogens is 404 g/mol. The predicted molar refractivity (Wildman–Crippen MR) is 102 cm³/mol. The highest BCUT2D eigenvalue weighted by Gasteiger charge is 2.10. The van der Waals surface area contributed by atoms with Gasteiger partial charge in [-0.05, 0) is 24.3 Å². The lowest BCUT2D eigenvalue weighted by Crippen LogP contribution is -2.20. The second-order valence-electron chi connectivity index (χ2n) is 5.04. The lowest BCUT2D eigenvalue weighted by Gasteiger charge is -2.09. The van der Waals surface area contributed by atoms with Crippen LogP contribution >= 0.6 is 27.3 Å². The fourth-order valence-corrected chi connectivity index (χ4v) is 3.28. The van der Waals surface area contributed by atoms with E-state index in [1.54, 1.807) is 19.2 Å². The molecule has 7 heteroatoms. The Labute approximate surface area is 157 Å². The Kier molecular flexibility index (Phi) is 5.67. The van der Waals surface area contributed by atoms with Crippen molar-refractivity contribution in [2.75, 3.05) is 19.0 Å². The van der Waals surface area contributed by atoms with Gasteiger partial charge < -0.3 is 9.47 Å². The lowest BCUT2D eigenvalue weighted by atomic mass is 10.2. The van der Waals surface area contributed by atoms with Crippen molar-refractivity contribution < 1.29 is 14.3 Å². The Bertz CT molecular complexity index is 882. The van der Waals surface area contributed by atoms with Crippen molar-refractivity contribution >= 4 is 38.3 Å². The number of benzene rings is 2. The molecule has 0 aliphatic rings. The van der Waals surface area contributed by atoms with Crippen LogP contribution in [0.5, 0.6) is 11.5 Å². The van der Waals surface area contributed by atoms with E-state index in [9.17, 15) is 4.79 Å². The van der Waals surface area contributed by atoms with E-state index < -0.39 is 0 Å². The van der Waals surface area contributed by atoms with E-state index in [1.165, 1.54) is 11.3 Å². The number of halogens is 1. The average molecular weight is 419 g/mol. The summed E-state index contributed by atoms with van der Waals surface area (Å²) in [5.74, 6) is 0.830. The van der Waals surface area contributed by atoms with E-state index in [2.05, 4.69) is 26.2 Å². The van der Waals surface area contributed by atoms with E-state index in [0.717, 1.165) is 15.7 Å². The highest BCUT2D eigenvalue weighted by atomic mass is 79.9. The molecule has 0 saturated carbocycles. The SMILES string of the molecule is COc1ccccc1OCC(=O)Nc1nc(-c2cccc(Br)c2)cs1. The molecular formula is C18H15BrN2O3S. The molecule has 1 amide bonds. The van der Waals surface area contributed by atoms with Crippen LogP contribution in [0.3, 0.4) is 0 Å². The molecule has 0 spiro atoms. The summed E-state index contributed by atoms with van der Waals surface area (Å²) in [6, 6.07) is 15.0. The third-order valence-electron chi connectivity index (χ3n) is 3.30. The molecule has 0 bridgehead atoms. The molecule has 0 atom stereocenters. The summed E-state index contributed by atoms with van der Waals surface area (Å²) in [6.45, 7) is -0.119. The van der Waals surface area contributed by atoms with Gasteiger partial charge >= 0.3 is 0 Å². The number of nitrogens with one attached hydrogen (secondary N) is 1. The van der Waals surface area contributed by atoms with E-state index in [4.69, 9.17) is 9.47 Å². The van der Waals surface area contributed by atoms with E-state index >= 15 is 0 Å². The van der Waals surface area contributed by atoms with Gasteiger partial charge in [-0.1, -0.05) is 40.2 Å². The van der Waals surface area contributed by atoms with Crippen LogP contribution < -0.4 is 14.8 Å².